The Morgan fingerprint density at radius 1 is 1.16 bits per heavy atom. The lowest BCUT2D eigenvalue weighted by molar-refractivity contribution is -0.115. The molecule has 104 valence electrons. The zero-order valence-electron chi connectivity index (χ0n) is 11.8. The van der Waals surface area contributed by atoms with Crippen molar-refractivity contribution in [2.24, 2.45) is 0 Å². The number of aryl methyl sites for hydroxylation is 1. The number of carbonyl (C=O) groups excluding carboxylic acids is 1. The Hall–Kier alpha value is -1.41. The Kier molecular flexibility index (Phi) is 8.65. The third-order valence-electron chi connectivity index (χ3n) is 2.88. The topological polar surface area (TPSA) is 26.3 Å². The lowest BCUT2D eigenvalue weighted by Gasteiger charge is -2.03. The molecule has 0 spiro atoms. The molecule has 0 unspecified atom stereocenters. The predicted molar refractivity (Wildman–Crippen MR) is 79.3 cm³/mol. The molecule has 1 rings (SSSR count). The summed E-state index contributed by atoms with van der Waals surface area (Å²) in [6, 6.07) is 10.5. The van der Waals surface area contributed by atoms with Gasteiger partial charge in [0.1, 0.15) is 0 Å². The van der Waals surface area contributed by atoms with Gasteiger partial charge in [-0.05, 0) is 37.3 Å². The number of hydrogen-bond donors (Lipinski definition) is 0. The standard InChI is InChI=1S/C17H24O2/c1-2-3-12-17(18)13-15-19-14-8-7-11-16-9-5-4-6-10-16/h3-6,9-10,12H,2,7-8,11,13-15H2,1H3/b12-3+. The minimum atomic E-state index is 0.158. The first-order valence-electron chi connectivity index (χ1n) is 7.14. The van der Waals surface area contributed by atoms with E-state index in [9.17, 15) is 4.79 Å². The maximum atomic E-state index is 11.3. The lowest BCUT2D eigenvalue weighted by Crippen LogP contribution is -2.03. The summed E-state index contributed by atoms with van der Waals surface area (Å²) in [4.78, 5) is 11.3. The first-order chi connectivity index (χ1) is 9.33. The maximum Gasteiger partial charge on any atom is 0.157 e. The minimum Gasteiger partial charge on any atom is -0.381 e. The summed E-state index contributed by atoms with van der Waals surface area (Å²) in [5.74, 6) is 0.158. The summed E-state index contributed by atoms with van der Waals surface area (Å²) in [6.07, 6.45) is 8.23. The smallest absolute Gasteiger partial charge is 0.157 e. The third-order valence-corrected chi connectivity index (χ3v) is 2.88. The average molecular weight is 260 g/mol. The maximum absolute atomic E-state index is 11.3. The molecule has 0 aliphatic rings. The Morgan fingerprint density at radius 3 is 2.68 bits per heavy atom. The number of carbonyl (C=O) groups is 1. The molecule has 19 heavy (non-hydrogen) atoms. The van der Waals surface area contributed by atoms with E-state index >= 15 is 0 Å². The number of rotatable bonds is 10. The number of unbranched alkanes of at least 4 members (excludes halogenated alkanes) is 1. The molecule has 0 atom stereocenters. The van der Waals surface area contributed by atoms with Gasteiger partial charge >= 0.3 is 0 Å². The van der Waals surface area contributed by atoms with Crippen LogP contribution in [-0.4, -0.2) is 19.0 Å². The zero-order valence-corrected chi connectivity index (χ0v) is 11.8. The number of allylic oxidation sites excluding steroid dienone is 2. The number of hydrogen-bond acceptors (Lipinski definition) is 2. The first kappa shape index (κ1) is 15.6. The van der Waals surface area contributed by atoms with Crippen molar-refractivity contribution in [2.75, 3.05) is 13.2 Å². The van der Waals surface area contributed by atoms with Gasteiger partial charge < -0.3 is 4.74 Å². The van der Waals surface area contributed by atoms with Crippen LogP contribution in [0.25, 0.3) is 0 Å². The van der Waals surface area contributed by atoms with Crippen molar-refractivity contribution in [1.82, 2.24) is 0 Å². The first-order valence-corrected chi connectivity index (χ1v) is 7.14. The van der Waals surface area contributed by atoms with Gasteiger partial charge in [0.2, 0.25) is 0 Å². The van der Waals surface area contributed by atoms with Gasteiger partial charge in [0.05, 0.1) is 6.61 Å². The Balaban J connectivity index is 1.94. The molecule has 0 N–H and O–H groups in total. The molecular formula is C17H24O2. The summed E-state index contributed by atoms with van der Waals surface area (Å²) in [6.45, 7) is 3.31. The average Bonchev–Trinajstić information content (AvgIpc) is 2.45. The molecule has 2 heteroatoms. The van der Waals surface area contributed by atoms with Crippen LogP contribution in [0.15, 0.2) is 42.5 Å². The minimum absolute atomic E-state index is 0.158. The van der Waals surface area contributed by atoms with E-state index in [2.05, 4.69) is 24.3 Å². The summed E-state index contributed by atoms with van der Waals surface area (Å²) < 4.78 is 5.47. The normalized spacial score (nSPS) is 11.0. The Bertz CT molecular complexity index is 368. The second-order valence-electron chi connectivity index (χ2n) is 4.58. The van der Waals surface area contributed by atoms with Crippen molar-refractivity contribution in [3.05, 3.63) is 48.0 Å². The van der Waals surface area contributed by atoms with Crippen molar-refractivity contribution in [1.29, 1.82) is 0 Å². The number of ether oxygens (including phenoxy) is 1. The fourth-order valence-corrected chi connectivity index (χ4v) is 1.79. The van der Waals surface area contributed by atoms with Crippen molar-refractivity contribution < 1.29 is 9.53 Å². The van der Waals surface area contributed by atoms with Crippen LogP contribution < -0.4 is 0 Å². The molecule has 0 radical (unpaired) electrons. The summed E-state index contributed by atoms with van der Waals surface area (Å²) in [7, 11) is 0. The van der Waals surface area contributed by atoms with Crippen molar-refractivity contribution in [3.63, 3.8) is 0 Å². The van der Waals surface area contributed by atoms with Crippen LogP contribution in [0, 0.1) is 0 Å². The SMILES string of the molecule is CC/C=C/C(=O)CCOCCCCc1ccccc1. The van der Waals surface area contributed by atoms with Gasteiger partial charge in [-0.2, -0.15) is 0 Å². The van der Waals surface area contributed by atoms with E-state index in [0.29, 0.717) is 13.0 Å². The van der Waals surface area contributed by atoms with Crippen LogP contribution >= 0.6 is 0 Å². The van der Waals surface area contributed by atoms with E-state index in [-0.39, 0.29) is 5.78 Å². The molecule has 0 bridgehead atoms. The van der Waals surface area contributed by atoms with Crippen LogP contribution in [0.5, 0.6) is 0 Å². The summed E-state index contributed by atoms with van der Waals surface area (Å²) in [5.41, 5.74) is 1.38. The van der Waals surface area contributed by atoms with Crippen molar-refractivity contribution in [3.8, 4) is 0 Å². The molecule has 0 fully saturated rings. The second kappa shape index (κ2) is 10.5. The van der Waals surface area contributed by atoms with E-state index in [1.165, 1.54) is 5.56 Å². The molecule has 0 aliphatic carbocycles. The molecule has 1 aromatic rings. The summed E-state index contributed by atoms with van der Waals surface area (Å²) >= 11 is 0. The second-order valence-corrected chi connectivity index (χ2v) is 4.58. The molecule has 0 aliphatic heterocycles. The van der Waals surface area contributed by atoms with E-state index in [4.69, 9.17) is 4.74 Å². The highest BCUT2D eigenvalue weighted by molar-refractivity contribution is 5.89. The van der Waals surface area contributed by atoms with Crippen LogP contribution in [0.3, 0.4) is 0 Å². The molecule has 0 aromatic heterocycles. The predicted octanol–water partition coefficient (Wildman–Crippen LogP) is 3.95. The monoisotopic (exact) mass is 260 g/mol. The zero-order chi connectivity index (χ0) is 13.8. The van der Waals surface area contributed by atoms with Gasteiger partial charge in [0, 0.05) is 13.0 Å². The Morgan fingerprint density at radius 2 is 1.95 bits per heavy atom. The number of benzene rings is 1. The molecular weight excluding hydrogens is 236 g/mol. The van der Waals surface area contributed by atoms with Gasteiger partial charge in [-0.15, -0.1) is 0 Å². The highest BCUT2D eigenvalue weighted by atomic mass is 16.5. The Labute approximate surface area is 116 Å². The van der Waals surface area contributed by atoms with Gasteiger partial charge in [0.25, 0.3) is 0 Å². The highest BCUT2D eigenvalue weighted by Crippen LogP contribution is 2.04. The fourth-order valence-electron chi connectivity index (χ4n) is 1.79. The van der Waals surface area contributed by atoms with E-state index < -0.39 is 0 Å². The van der Waals surface area contributed by atoms with Crippen molar-refractivity contribution >= 4 is 5.78 Å². The van der Waals surface area contributed by atoms with Crippen LogP contribution in [0.1, 0.15) is 38.2 Å². The van der Waals surface area contributed by atoms with Crippen LogP contribution in [-0.2, 0) is 16.0 Å². The van der Waals surface area contributed by atoms with Gasteiger partial charge in [-0.1, -0.05) is 43.3 Å². The fraction of sp³-hybridized carbons (Fsp3) is 0.471. The van der Waals surface area contributed by atoms with Crippen LogP contribution in [0.4, 0.5) is 0 Å². The highest BCUT2D eigenvalue weighted by Gasteiger charge is 1.97. The quantitative estimate of drug-likeness (QED) is 0.470. The molecule has 0 saturated heterocycles. The molecule has 0 saturated carbocycles. The molecule has 0 amide bonds. The molecule has 2 nitrogen and oxygen atoms in total. The third kappa shape index (κ3) is 8.33. The van der Waals surface area contributed by atoms with Crippen LogP contribution in [0.2, 0.25) is 0 Å². The van der Waals surface area contributed by atoms with Gasteiger partial charge in [0.15, 0.2) is 5.78 Å². The number of ketones is 1. The summed E-state index contributed by atoms with van der Waals surface area (Å²) in [5, 5.41) is 0. The van der Waals surface area contributed by atoms with Gasteiger partial charge in [-0.3, -0.25) is 4.79 Å². The largest absolute Gasteiger partial charge is 0.381 e. The lowest BCUT2D eigenvalue weighted by atomic mass is 10.1. The van der Waals surface area contributed by atoms with E-state index in [1.807, 2.05) is 19.1 Å². The molecule has 1 aromatic carbocycles. The van der Waals surface area contributed by atoms with Gasteiger partial charge in [-0.25, -0.2) is 0 Å². The van der Waals surface area contributed by atoms with E-state index in [1.54, 1.807) is 6.08 Å². The van der Waals surface area contributed by atoms with Crippen molar-refractivity contribution in [2.45, 2.75) is 39.0 Å². The van der Waals surface area contributed by atoms with E-state index in [0.717, 1.165) is 32.3 Å². The molecule has 0 heterocycles.